The van der Waals surface area contributed by atoms with Gasteiger partial charge >= 0.3 is 6.18 Å². The first-order chi connectivity index (χ1) is 4.36. The second-order valence-electron chi connectivity index (χ2n) is 1.15. The standard InChI is InChI=1S/C3H3F3O.CH2Cl2/c1-2(7)3(4,5)6;2-1-3/h1H3;1H2. The Labute approximate surface area is 66.1 Å². The molecule has 0 rings (SSSR count). The predicted molar refractivity (Wildman–Crippen MR) is 33.3 cm³/mol. The average molecular weight is 197 g/mol. The predicted octanol–water partition coefficient (Wildman–Crippen LogP) is 2.56. The summed E-state index contributed by atoms with van der Waals surface area (Å²) < 4.78 is 32.5. The summed E-state index contributed by atoms with van der Waals surface area (Å²) in [7, 11) is 0. The lowest BCUT2D eigenvalue weighted by atomic mass is 10.5. The SMILES string of the molecule is CC(=O)C(F)(F)F.ClCCl. The van der Waals surface area contributed by atoms with Crippen LogP contribution in [-0.2, 0) is 4.79 Å². The molecule has 0 N–H and O–H groups in total. The molecular weight excluding hydrogens is 192 g/mol. The van der Waals surface area contributed by atoms with Gasteiger partial charge in [-0.15, -0.1) is 23.2 Å². The van der Waals surface area contributed by atoms with Crippen LogP contribution in [0.1, 0.15) is 6.92 Å². The third-order valence-electron chi connectivity index (χ3n) is 0.399. The molecule has 62 valence electrons. The fraction of sp³-hybridized carbons (Fsp3) is 0.750. The maximum atomic E-state index is 10.8. The molecule has 0 saturated carbocycles. The van der Waals surface area contributed by atoms with Gasteiger partial charge in [-0.25, -0.2) is 0 Å². The largest absolute Gasteiger partial charge is 0.449 e. The van der Waals surface area contributed by atoms with Crippen LogP contribution in [0, 0.1) is 0 Å². The number of Topliss-reactive ketones (excluding diaryl/α,β-unsaturated/α-hetero) is 1. The minimum absolute atomic E-state index is 0.194. The van der Waals surface area contributed by atoms with E-state index < -0.39 is 12.0 Å². The second kappa shape index (κ2) is 5.80. The lowest BCUT2D eigenvalue weighted by Gasteiger charge is -1.95. The summed E-state index contributed by atoms with van der Waals surface area (Å²) in [6.45, 7) is 0.486. The smallest absolute Gasteiger partial charge is 0.290 e. The van der Waals surface area contributed by atoms with E-state index in [-0.39, 0.29) is 5.34 Å². The van der Waals surface area contributed by atoms with Gasteiger partial charge in [0.05, 0.1) is 5.34 Å². The van der Waals surface area contributed by atoms with Crippen molar-refractivity contribution >= 4 is 29.0 Å². The molecule has 0 unspecified atom stereocenters. The van der Waals surface area contributed by atoms with E-state index in [4.69, 9.17) is 23.2 Å². The summed E-state index contributed by atoms with van der Waals surface area (Å²) >= 11 is 9.53. The molecule has 0 aromatic carbocycles. The van der Waals surface area contributed by atoms with E-state index in [1.54, 1.807) is 0 Å². The number of alkyl halides is 5. The highest BCUT2D eigenvalue weighted by Gasteiger charge is 2.33. The van der Waals surface area contributed by atoms with Crippen LogP contribution in [0.2, 0.25) is 0 Å². The van der Waals surface area contributed by atoms with Crippen molar-refractivity contribution in [3.63, 3.8) is 0 Å². The lowest BCUT2D eigenvalue weighted by Crippen LogP contribution is -2.18. The Kier molecular flexibility index (Phi) is 7.36. The summed E-state index contributed by atoms with van der Waals surface area (Å²) in [5.41, 5.74) is 0. The Bertz CT molecular complexity index is 101. The number of ketones is 1. The van der Waals surface area contributed by atoms with Crippen molar-refractivity contribution in [2.45, 2.75) is 13.1 Å². The molecule has 0 heterocycles. The Morgan fingerprint density at radius 2 is 1.50 bits per heavy atom. The topological polar surface area (TPSA) is 17.1 Å². The summed E-state index contributed by atoms with van der Waals surface area (Å²) in [4.78, 5) is 9.34. The van der Waals surface area contributed by atoms with Crippen LogP contribution in [0.15, 0.2) is 0 Å². The first-order valence-corrected chi connectivity index (χ1v) is 3.12. The summed E-state index contributed by atoms with van der Waals surface area (Å²) in [5.74, 6) is -1.76. The summed E-state index contributed by atoms with van der Waals surface area (Å²) in [6, 6.07) is 0. The lowest BCUT2D eigenvalue weighted by molar-refractivity contribution is -0.168. The van der Waals surface area contributed by atoms with Crippen LogP contribution in [-0.4, -0.2) is 17.3 Å². The molecule has 0 aromatic rings. The van der Waals surface area contributed by atoms with Gasteiger partial charge in [0.2, 0.25) is 5.78 Å². The number of halogens is 5. The summed E-state index contributed by atoms with van der Waals surface area (Å²) in [6.07, 6.45) is -4.64. The molecule has 0 aliphatic carbocycles. The van der Waals surface area contributed by atoms with Crippen molar-refractivity contribution in [3.8, 4) is 0 Å². The Balaban J connectivity index is 0. The van der Waals surface area contributed by atoms with Crippen LogP contribution in [0.3, 0.4) is 0 Å². The molecule has 0 spiro atoms. The molecule has 0 aliphatic rings. The highest BCUT2D eigenvalue weighted by molar-refractivity contribution is 6.40. The number of rotatable bonds is 0. The maximum Gasteiger partial charge on any atom is 0.449 e. The van der Waals surface area contributed by atoms with Gasteiger partial charge in [-0.05, 0) is 0 Å². The van der Waals surface area contributed by atoms with Crippen LogP contribution in [0.25, 0.3) is 0 Å². The highest BCUT2D eigenvalue weighted by Crippen LogP contribution is 2.14. The number of hydrogen-bond donors (Lipinski definition) is 0. The van der Waals surface area contributed by atoms with Crippen molar-refractivity contribution < 1.29 is 18.0 Å². The quantitative estimate of drug-likeness (QED) is 0.545. The third kappa shape index (κ3) is 10.9. The minimum Gasteiger partial charge on any atom is -0.290 e. The fourth-order valence-electron chi connectivity index (χ4n) is 0. The average Bonchev–Trinajstić information content (AvgIpc) is 1.64. The first-order valence-electron chi connectivity index (χ1n) is 2.06. The zero-order valence-corrected chi connectivity index (χ0v) is 6.52. The van der Waals surface area contributed by atoms with Crippen molar-refractivity contribution in [1.82, 2.24) is 0 Å². The van der Waals surface area contributed by atoms with Gasteiger partial charge in [0, 0.05) is 6.92 Å². The van der Waals surface area contributed by atoms with Crippen LogP contribution >= 0.6 is 23.2 Å². The Hall–Kier alpha value is 0.0400. The van der Waals surface area contributed by atoms with Gasteiger partial charge in [-0.2, -0.15) is 13.2 Å². The highest BCUT2D eigenvalue weighted by atomic mass is 35.5. The van der Waals surface area contributed by atoms with Gasteiger partial charge in [-0.1, -0.05) is 0 Å². The Morgan fingerprint density at radius 1 is 1.40 bits per heavy atom. The van der Waals surface area contributed by atoms with Crippen LogP contribution in [0.5, 0.6) is 0 Å². The van der Waals surface area contributed by atoms with E-state index in [1.165, 1.54) is 0 Å². The van der Waals surface area contributed by atoms with E-state index in [1.807, 2.05) is 0 Å². The second-order valence-corrected chi connectivity index (χ2v) is 1.96. The molecule has 0 bridgehead atoms. The third-order valence-corrected chi connectivity index (χ3v) is 0.399. The first kappa shape index (κ1) is 12.7. The molecule has 0 atom stereocenters. The van der Waals surface area contributed by atoms with E-state index in [0.29, 0.717) is 6.92 Å². The van der Waals surface area contributed by atoms with E-state index in [9.17, 15) is 18.0 Å². The van der Waals surface area contributed by atoms with Gasteiger partial charge in [-0.3, -0.25) is 4.79 Å². The van der Waals surface area contributed by atoms with Crippen molar-refractivity contribution in [2.75, 3.05) is 5.34 Å². The van der Waals surface area contributed by atoms with Crippen molar-refractivity contribution in [2.24, 2.45) is 0 Å². The Morgan fingerprint density at radius 3 is 1.50 bits per heavy atom. The number of hydrogen-bond acceptors (Lipinski definition) is 1. The molecule has 6 heteroatoms. The van der Waals surface area contributed by atoms with Crippen LogP contribution < -0.4 is 0 Å². The van der Waals surface area contributed by atoms with Gasteiger partial charge < -0.3 is 0 Å². The van der Waals surface area contributed by atoms with Gasteiger partial charge in [0.1, 0.15) is 0 Å². The molecule has 0 aliphatic heterocycles. The molecular formula is C4H5Cl2F3O. The van der Waals surface area contributed by atoms with Gasteiger partial charge in [0.25, 0.3) is 0 Å². The molecule has 0 radical (unpaired) electrons. The van der Waals surface area contributed by atoms with E-state index >= 15 is 0 Å². The zero-order valence-electron chi connectivity index (χ0n) is 5.01. The maximum absolute atomic E-state index is 10.8. The minimum atomic E-state index is -4.64. The normalized spacial score (nSPS) is 9.80. The van der Waals surface area contributed by atoms with Crippen molar-refractivity contribution in [3.05, 3.63) is 0 Å². The van der Waals surface area contributed by atoms with Gasteiger partial charge in [0.15, 0.2) is 0 Å². The zero-order chi connectivity index (χ0) is 8.78. The monoisotopic (exact) mass is 196 g/mol. The van der Waals surface area contributed by atoms with E-state index in [2.05, 4.69) is 0 Å². The van der Waals surface area contributed by atoms with Crippen LogP contribution in [0.4, 0.5) is 13.2 Å². The number of carbonyl (C=O) groups excluding carboxylic acids is 1. The molecule has 1 nitrogen and oxygen atoms in total. The molecule has 0 saturated heterocycles. The summed E-state index contributed by atoms with van der Waals surface area (Å²) in [5, 5.41) is 0.194. The fourth-order valence-corrected chi connectivity index (χ4v) is 0. The molecule has 0 amide bonds. The molecule has 0 fully saturated rings. The van der Waals surface area contributed by atoms with Crippen molar-refractivity contribution in [1.29, 1.82) is 0 Å². The molecule has 10 heavy (non-hydrogen) atoms. The molecule has 0 aromatic heterocycles. The number of carbonyl (C=O) groups is 1. The van der Waals surface area contributed by atoms with E-state index in [0.717, 1.165) is 0 Å².